The van der Waals surface area contributed by atoms with Gasteiger partial charge in [-0.05, 0) is 55.5 Å². The molecule has 4 rings (SSSR count). The Balaban J connectivity index is 1.70. The maximum atomic E-state index is 12.8. The average Bonchev–Trinajstić information content (AvgIpc) is 3.25. The maximum Gasteiger partial charge on any atom is 0.338 e. The van der Waals surface area contributed by atoms with Crippen LogP contribution in [0.25, 0.3) is 16.5 Å². The smallest absolute Gasteiger partial charge is 0.338 e. The van der Waals surface area contributed by atoms with E-state index in [1.54, 1.807) is 17.7 Å². The molecule has 1 saturated carbocycles. The highest BCUT2D eigenvalue weighted by Gasteiger charge is 2.20. The van der Waals surface area contributed by atoms with Crippen molar-refractivity contribution in [3.63, 3.8) is 0 Å². The van der Waals surface area contributed by atoms with E-state index >= 15 is 0 Å². The van der Waals surface area contributed by atoms with Crippen molar-refractivity contribution in [2.75, 3.05) is 11.9 Å². The second kappa shape index (κ2) is 11.2. The lowest BCUT2D eigenvalue weighted by Crippen LogP contribution is -2.39. The summed E-state index contributed by atoms with van der Waals surface area (Å²) < 4.78 is 7.04. The van der Waals surface area contributed by atoms with Gasteiger partial charge in [0, 0.05) is 12.1 Å². The van der Waals surface area contributed by atoms with E-state index in [1.807, 2.05) is 36.4 Å². The Kier molecular flexibility index (Phi) is 7.83. The van der Waals surface area contributed by atoms with Crippen LogP contribution in [-0.4, -0.2) is 34.4 Å². The van der Waals surface area contributed by atoms with Crippen LogP contribution in [0.4, 0.5) is 10.6 Å². The van der Waals surface area contributed by atoms with Gasteiger partial charge in [-0.1, -0.05) is 56.9 Å². The number of anilines is 1. The lowest BCUT2D eigenvalue weighted by atomic mass is 9.96. The molecule has 34 heavy (non-hydrogen) atoms. The molecule has 0 radical (unpaired) electrons. The molecular formula is C27H34N4O3. The SMILES string of the molecule is CCCCc1cc(NC(=O)NC2CCCCC2)n(-c2cc(C(=O)OCC)c3ccccc3c2)n1. The molecule has 0 atom stereocenters. The number of nitrogens with one attached hydrogen (secondary N) is 2. The standard InChI is InChI=1S/C27H34N4O3/c1-3-5-12-21-17-25(29-27(33)28-20-13-7-6-8-14-20)31(30-21)22-16-19-11-9-10-15-23(19)24(18-22)26(32)34-4-2/h9-11,15-18,20H,3-8,12-14H2,1-2H3,(H2,28,29,33). The average molecular weight is 463 g/mol. The van der Waals surface area contributed by atoms with Gasteiger partial charge in [-0.25, -0.2) is 14.3 Å². The third kappa shape index (κ3) is 5.58. The Hall–Kier alpha value is -3.35. The number of nitrogens with zero attached hydrogens (tertiary/aromatic N) is 2. The van der Waals surface area contributed by atoms with Gasteiger partial charge in [0.25, 0.3) is 0 Å². The van der Waals surface area contributed by atoms with Gasteiger partial charge >= 0.3 is 12.0 Å². The monoisotopic (exact) mass is 462 g/mol. The summed E-state index contributed by atoms with van der Waals surface area (Å²) in [6.07, 6.45) is 8.45. The van der Waals surface area contributed by atoms with Gasteiger partial charge in [0.15, 0.2) is 0 Å². The number of unbranched alkanes of at least 4 members (excludes halogenated alkanes) is 1. The molecule has 1 aliphatic carbocycles. The molecule has 1 aliphatic rings. The normalized spacial score (nSPS) is 14.2. The number of aromatic nitrogens is 2. The largest absolute Gasteiger partial charge is 0.462 e. The number of carbonyl (C=O) groups excluding carboxylic acids is 2. The van der Waals surface area contributed by atoms with Crippen LogP contribution in [0.15, 0.2) is 42.5 Å². The molecule has 0 aliphatic heterocycles. The van der Waals surface area contributed by atoms with Gasteiger partial charge in [0.1, 0.15) is 5.82 Å². The number of esters is 1. The summed E-state index contributed by atoms with van der Waals surface area (Å²) in [5, 5.41) is 12.6. The minimum atomic E-state index is -0.372. The van der Waals surface area contributed by atoms with Gasteiger partial charge in [-0.15, -0.1) is 0 Å². The van der Waals surface area contributed by atoms with Gasteiger partial charge in [0.2, 0.25) is 0 Å². The van der Waals surface area contributed by atoms with E-state index in [1.165, 1.54) is 6.42 Å². The minimum absolute atomic E-state index is 0.209. The van der Waals surface area contributed by atoms with Crippen molar-refractivity contribution in [2.45, 2.75) is 71.3 Å². The Bertz CT molecular complexity index is 1150. The number of carbonyl (C=O) groups is 2. The second-order valence-electron chi connectivity index (χ2n) is 8.90. The zero-order chi connectivity index (χ0) is 23.9. The molecule has 2 amide bonds. The first kappa shape index (κ1) is 23.8. The Morgan fingerprint density at radius 2 is 1.88 bits per heavy atom. The zero-order valence-corrected chi connectivity index (χ0v) is 20.1. The van der Waals surface area contributed by atoms with E-state index < -0.39 is 0 Å². The molecule has 1 heterocycles. The predicted molar refractivity (Wildman–Crippen MR) is 135 cm³/mol. The van der Waals surface area contributed by atoms with Crippen molar-refractivity contribution in [2.24, 2.45) is 0 Å². The molecule has 0 spiro atoms. The molecule has 180 valence electrons. The highest BCUT2D eigenvalue weighted by atomic mass is 16.5. The first-order valence-electron chi connectivity index (χ1n) is 12.5. The predicted octanol–water partition coefficient (Wildman–Crippen LogP) is 6.00. The lowest BCUT2D eigenvalue weighted by molar-refractivity contribution is 0.0528. The maximum absolute atomic E-state index is 12.8. The molecule has 0 saturated heterocycles. The van der Waals surface area contributed by atoms with Crippen LogP contribution >= 0.6 is 0 Å². The third-order valence-corrected chi connectivity index (χ3v) is 6.31. The van der Waals surface area contributed by atoms with Crippen molar-refractivity contribution in [3.8, 4) is 5.69 Å². The van der Waals surface area contributed by atoms with E-state index in [0.717, 1.165) is 61.4 Å². The number of hydrogen-bond donors (Lipinski definition) is 2. The van der Waals surface area contributed by atoms with Crippen molar-refractivity contribution in [1.29, 1.82) is 0 Å². The topological polar surface area (TPSA) is 85.2 Å². The summed E-state index contributed by atoms with van der Waals surface area (Å²) in [5.74, 6) is 0.216. The summed E-state index contributed by atoms with van der Waals surface area (Å²) in [6.45, 7) is 4.24. The highest BCUT2D eigenvalue weighted by Crippen LogP contribution is 2.27. The van der Waals surface area contributed by atoms with Crippen molar-refractivity contribution in [3.05, 3.63) is 53.7 Å². The number of amides is 2. The molecule has 1 aromatic heterocycles. The van der Waals surface area contributed by atoms with Crippen LogP contribution in [-0.2, 0) is 11.2 Å². The van der Waals surface area contributed by atoms with E-state index in [-0.39, 0.29) is 18.0 Å². The van der Waals surface area contributed by atoms with Crippen LogP contribution in [0.5, 0.6) is 0 Å². The van der Waals surface area contributed by atoms with Gasteiger partial charge in [-0.2, -0.15) is 5.10 Å². The van der Waals surface area contributed by atoms with E-state index in [2.05, 4.69) is 17.6 Å². The molecule has 0 unspecified atom stereocenters. The fraction of sp³-hybridized carbons (Fsp3) is 0.444. The summed E-state index contributed by atoms with van der Waals surface area (Å²) in [7, 11) is 0. The van der Waals surface area contributed by atoms with Crippen LogP contribution in [0, 0.1) is 0 Å². The Labute approximate surface area is 200 Å². The number of aryl methyl sites for hydroxylation is 1. The minimum Gasteiger partial charge on any atom is -0.462 e. The van der Waals surface area contributed by atoms with Crippen molar-refractivity contribution in [1.82, 2.24) is 15.1 Å². The summed E-state index contributed by atoms with van der Waals surface area (Å²) in [5.41, 5.74) is 2.09. The van der Waals surface area contributed by atoms with Crippen LogP contribution < -0.4 is 10.6 Å². The molecular weight excluding hydrogens is 428 g/mol. The van der Waals surface area contributed by atoms with Crippen LogP contribution in [0.2, 0.25) is 0 Å². The fourth-order valence-corrected chi connectivity index (χ4v) is 4.58. The number of benzene rings is 2. The fourth-order valence-electron chi connectivity index (χ4n) is 4.58. The number of fused-ring (bicyclic) bond motifs is 1. The van der Waals surface area contributed by atoms with Crippen LogP contribution in [0.1, 0.15) is 74.8 Å². The number of hydrogen-bond acceptors (Lipinski definition) is 4. The van der Waals surface area contributed by atoms with Gasteiger partial charge < -0.3 is 10.1 Å². The first-order chi connectivity index (χ1) is 16.6. The van der Waals surface area contributed by atoms with Gasteiger partial charge in [0.05, 0.1) is 23.6 Å². The molecule has 7 nitrogen and oxygen atoms in total. The Morgan fingerprint density at radius 3 is 2.65 bits per heavy atom. The highest BCUT2D eigenvalue weighted by molar-refractivity contribution is 6.05. The third-order valence-electron chi connectivity index (χ3n) is 6.31. The first-order valence-corrected chi connectivity index (χ1v) is 12.5. The molecule has 1 fully saturated rings. The van der Waals surface area contributed by atoms with Crippen LogP contribution in [0.3, 0.4) is 0 Å². The van der Waals surface area contributed by atoms with E-state index in [0.29, 0.717) is 23.7 Å². The van der Waals surface area contributed by atoms with Crippen molar-refractivity contribution < 1.29 is 14.3 Å². The molecule has 0 bridgehead atoms. The summed E-state index contributed by atoms with van der Waals surface area (Å²) in [4.78, 5) is 25.6. The lowest BCUT2D eigenvalue weighted by Gasteiger charge is -2.23. The molecule has 3 aromatic rings. The number of urea groups is 1. The number of rotatable bonds is 8. The number of ether oxygens (including phenoxy) is 1. The van der Waals surface area contributed by atoms with Gasteiger partial charge in [-0.3, -0.25) is 5.32 Å². The van der Waals surface area contributed by atoms with E-state index in [4.69, 9.17) is 9.84 Å². The quantitative estimate of drug-likeness (QED) is 0.402. The molecule has 2 aromatic carbocycles. The summed E-state index contributed by atoms with van der Waals surface area (Å²) in [6, 6.07) is 13.4. The van der Waals surface area contributed by atoms with Crippen molar-refractivity contribution >= 4 is 28.6 Å². The molecule has 2 N–H and O–H groups in total. The molecule has 7 heteroatoms. The van der Waals surface area contributed by atoms with E-state index in [9.17, 15) is 9.59 Å². The summed E-state index contributed by atoms with van der Waals surface area (Å²) >= 11 is 0. The zero-order valence-electron chi connectivity index (χ0n) is 20.1. The Morgan fingerprint density at radius 1 is 1.09 bits per heavy atom. The second-order valence-corrected chi connectivity index (χ2v) is 8.90.